The highest BCUT2D eigenvalue weighted by Gasteiger charge is 2.17. The average Bonchev–Trinajstić information content (AvgIpc) is 2.40. The molecule has 2 aromatic rings. The smallest absolute Gasteiger partial charge is 0.335 e. The van der Waals surface area contributed by atoms with Gasteiger partial charge in [-0.25, -0.2) is 9.18 Å². The Bertz CT molecular complexity index is 716. The molecule has 21 heavy (non-hydrogen) atoms. The molecule has 0 heterocycles. The van der Waals surface area contributed by atoms with Crippen LogP contribution in [0.1, 0.15) is 20.7 Å². The Hall–Kier alpha value is -1.92. The topological polar surface area (TPSA) is 66.4 Å². The van der Waals surface area contributed by atoms with Gasteiger partial charge in [-0.2, -0.15) is 0 Å². The number of benzene rings is 2. The van der Waals surface area contributed by atoms with E-state index in [2.05, 4.69) is 21.2 Å². The van der Waals surface area contributed by atoms with Crippen LogP contribution in [0.4, 0.5) is 10.1 Å². The van der Waals surface area contributed by atoms with Gasteiger partial charge in [-0.3, -0.25) is 4.79 Å². The summed E-state index contributed by atoms with van der Waals surface area (Å²) < 4.78 is 14.0. The Balaban J connectivity index is 2.30. The van der Waals surface area contributed by atoms with Gasteiger partial charge in [0.2, 0.25) is 0 Å². The summed E-state index contributed by atoms with van der Waals surface area (Å²) >= 11 is 8.96. The van der Waals surface area contributed by atoms with Crippen molar-refractivity contribution in [2.45, 2.75) is 0 Å². The monoisotopic (exact) mass is 371 g/mol. The van der Waals surface area contributed by atoms with Gasteiger partial charge in [-0.05, 0) is 46.3 Å². The minimum atomic E-state index is -1.09. The van der Waals surface area contributed by atoms with Crippen molar-refractivity contribution in [3.8, 4) is 0 Å². The first-order valence-corrected chi connectivity index (χ1v) is 6.85. The first-order valence-electron chi connectivity index (χ1n) is 5.68. The molecule has 0 saturated carbocycles. The van der Waals surface area contributed by atoms with E-state index in [0.717, 1.165) is 6.07 Å². The van der Waals surface area contributed by atoms with Crippen molar-refractivity contribution < 1.29 is 19.1 Å². The quantitative estimate of drug-likeness (QED) is 0.849. The average molecular weight is 373 g/mol. The van der Waals surface area contributed by atoms with Gasteiger partial charge >= 0.3 is 5.97 Å². The SMILES string of the molecule is O=C(O)c1ccc(NC(=O)c2c(F)cccc2Cl)c(Br)c1. The van der Waals surface area contributed by atoms with Crippen LogP contribution in [0.5, 0.6) is 0 Å². The van der Waals surface area contributed by atoms with E-state index in [1.54, 1.807) is 0 Å². The number of hydrogen-bond donors (Lipinski definition) is 2. The molecule has 108 valence electrons. The van der Waals surface area contributed by atoms with Gasteiger partial charge in [0.05, 0.1) is 21.8 Å². The van der Waals surface area contributed by atoms with Crippen molar-refractivity contribution in [3.05, 3.63) is 62.8 Å². The Morgan fingerprint density at radius 1 is 1.24 bits per heavy atom. The van der Waals surface area contributed by atoms with Crippen LogP contribution in [-0.2, 0) is 0 Å². The number of anilines is 1. The number of halogens is 3. The number of hydrogen-bond acceptors (Lipinski definition) is 2. The highest BCUT2D eigenvalue weighted by molar-refractivity contribution is 9.10. The molecular formula is C14H8BrClFNO3. The molecule has 0 spiro atoms. The summed E-state index contributed by atoms with van der Waals surface area (Å²) in [4.78, 5) is 22.9. The molecule has 0 saturated heterocycles. The molecule has 2 aromatic carbocycles. The van der Waals surface area contributed by atoms with Crippen LogP contribution < -0.4 is 5.32 Å². The third-order valence-electron chi connectivity index (χ3n) is 2.65. The van der Waals surface area contributed by atoms with Crippen LogP contribution in [0.15, 0.2) is 40.9 Å². The second-order valence-corrected chi connectivity index (χ2v) is 5.31. The summed E-state index contributed by atoms with van der Waals surface area (Å²) in [6.45, 7) is 0. The van der Waals surface area contributed by atoms with Gasteiger partial charge in [0, 0.05) is 4.47 Å². The number of carbonyl (C=O) groups excluding carboxylic acids is 1. The largest absolute Gasteiger partial charge is 0.478 e. The van der Waals surface area contributed by atoms with E-state index >= 15 is 0 Å². The van der Waals surface area contributed by atoms with Crippen molar-refractivity contribution in [3.63, 3.8) is 0 Å². The predicted octanol–water partition coefficient (Wildman–Crippen LogP) is 4.19. The zero-order valence-electron chi connectivity index (χ0n) is 10.4. The Kier molecular flexibility index (Phi) is 4.59. The van der Waals surface area contributed by atoms with Crippen molar-refractivity contribution >= 4 is 45.1 Å². The second kappa shape index (κ2) is 6.24. The molecule has 0 aliphatic heterocycles. The van der Waals surface area contributed by atoms with Crippen molar-refractivity contribution in [2.75, 3.05) is 5.32 Å². The maximum absolute atomic E-state index is 13.6. The van der Waals surface area contributed by atoms with Crippen molar-refractivity contribution in [1.29, 1.82) is 0 Å². The van der Waals surface area contributed by atoms with Crippen molar-refractivity contribution in [2.24, 2.45) is 0 Å². The molecule has 0 unspecified atom stereocenters. The van der Waals surface area contributed by atoms with Gasteiger partial charge in [0.25, 0.3) is 5.91 Å². The fourth-order valence-electron chi connectivity index (χ4n) is 1.65. The Morgan fingerprint density at radius 2 is 1.95 bits per heavy atom. The summed E-state index contributed by atoms with van der Waals surface area (Å²) in [5.74, 6) is -2.55. The fourth-order valence-corrected chi connectivity index (χ4v) is 2.38. The molecule has 0 fully saturated rings. The lowest BCUT2D eigenvalue weighted by Crippen LogP contribution is -2.15. The number of nitrogens with one attached hydrogen (secondary N) is 1. The normalized spacial score (nSPS) is 10.2. The molecule has 1 amide bonds. The van der Waals surface area contributed by atoms with E-state index in [0.29, 0.717) is 10.2 Å². The van der Waals surface area contributed by atoms with Crippen molar-refractivity contribution in [1.82, 2.24) is 0 Å². The number of carboxylic acids is 1. The molecule has 4 nitrogen and oxygen atoms in total. The molecule has 0 radical (unpaired) electrons. The molecule has 0 aliphatic carbocycles. The lowest BCUT2D eigenvalue weighted by molar-refractivity contribution is 0.0696. The van der Waals surface area contributed by atoms with Gasteiger partial charge in [0.15, 0.2) is 0 Å². The number of rotatable bonds is 3. The summed E-state index contributed by atoms with van der Waals surface area (Å²) in [5, 5.41) is 11.3. The number of amides is 1. The first-order chi connectivity index (χ1) is 9.90. The highest BCUT2D eigenvalue weighted by Crippen LogP contribution is 2.26. The van der Waals surface area contributed by atoms with Gasteiger partial charge < -0.3 is 10.4 Å². The van der Waals surface area contributed by atoms with E-state index in [4.69, 9.17) is 16.7 Å². The van der Waals surface area contributed by atoms with Crippen LogP contribution >= 0.6 is 27.5 Å². The summed E-state index contributed by atoms with van der Waals surface area (Å²) in [7, 11) is 0. The Morgan fingerprint density at radius 3 is 2.52 bits per heavy atom. The molecule has 0 aliphatic rings. The molecule has 2 rings (SSSR count). The van der Waals surface area contributed by atoms with Gasteiger partial charge in [-0.1, -0.05) is 17.7 Å². The lowest BCUT2D eigenvalue weighted by Gasteiger charge is -2.09. The number of carboxylic acid groups (broad SMARTS) is 1. The highest BCUT2D eigenvalue weighted by atomic mass is 79.9. The van der Waals surface area contributed by atoms with Crippen LogP contribution in [0.2, 0.25) is 5.02 Å². The molecule has 0 atom stereocenters. The summed E-state index contributed by atoms with van der Waals surface area (Å²) in [5.41, 5.74) is 0.0986. The van der Waals surface area contributed by atoms with E-state index in [1.807, 2.05) is 0 Å². The predicted molar refractivity (Wildman–Crippen MR) is 80.5 cm³/mol. The van der Waals surface area contributed by atoms with Gasteiger partial charge in [0.1, 0.15) is 5.82 Å². The number of carbonyl (C=O) groups is 2. The minimum Gasteiger partial charge on any atom is -0.478 e. The first kappa shape index (κ1) is 15.5. The van der Waals surface area contributed by atoms with E-state index in [-0.39, 0.29) is 16.1 Å². The lowest BCUT2D eigenvalue weighted by atomic mass is 10.1. The van der Waals surface area contributed by atoms with E-state index in [9.17, 15) is 14.0 Å². The fraction of sp³-hybridized carbons (Fsp3) is 0. The maximum atomic E-state index is 13.6. The molecule has 7 heteroatoms. The van der Waals surface area contributed by atoms with E-state index in [1.165, 1.54) is 30.3 Å². The van der Waals surface area contributed by atoms with E-state index < -0.39 is 17.7 Å². The minimum absolute atomic E-state index is 0.00854. The van der Waals surface area contributed by atoms with Crippen LogP contribution in [-0.4, -0.2) is 17.0 Å². The standard InChI is InChI=1S/C14H8BrClFNO3/c15-8-6-7(14(20)21)4-5-11(8)18-13(19)12-9(16)2-1-3-10(12)17/h1-6H,(H,18,19)(H,20,21). The van der Waals surface area contributed by atoms with Crippen LogP contribution in [0, 0.1) is 5.82 Å². The molecule has 0 aromatic heterocycles. The second-order valence-electron chi connectivity index (χ2n) is 4.05. The zero-order chi connectivity index (χ0) is 15.6. The Labute approximate surface area is 132 Å². The third-order valence-corrected chi connectivity index (χ3v) is 3.63. The molecule has 2 N–H and O–H groups in total. The summed E-state index contributed by atoms with van der Waals surface area (Å²) in [6.07, 6.45) is 0. The third kappa shape index (κ3) is 3.40. The molecular weight excluding hydrogens is 365 g/mol. The van der Waals surface area contributed by atoms with Crippen LogP contribution in [0.3, 0.4) is 0 Å². The maximum Gasteiger partial charge on any atom is 0.335 e. The molecule has 0 bridgehead atoms. The van der Waals surface area contributed by atoms with Gasteiger partial charge in [-0.15, -0.1) is 0 Å². The summed E-state index contributed by atoms with van der Waals surface area (Å²) in [6, 6.07) is 7.99. The van der Waals surface area contributed by atoms with Crippen LogP contribution in [0.25, 0.3) is 0 Å². The zero-order valence-corrected chi connectivity index (χ0v) is 12.7. The number of aromatic carboxylic acids is 1.